The SMILES string of the molecule is C=C/C=C(\C=C)C[C@H](NC(=O)[C@H](C)[C@@H](OC)[C@@H]1CCCN1C(=O)C[C@@H](OC)[C@@H](C)[C@@H](C)CC)C(=O)O. The van der Waals surface area contributed by atoms with Crippen molar-refractivity contribution in [2.45, 2.75) is 84.1 Å². The van der Waals surface area contributed by atoms with E-state index in [0.717, 1.165) is 12.8 Å². The standard InChI is InChI=1S/C28H46N2O6/c1-9-13-21(11-3)16-22(28(33)34)29-27(32)20(6)26(36-8)23-14-12-15-30(23)25(31)17-24(35-7)19(5)18(4)10-2/h9,11,13,18-20,22-24,26H,1,3,10,12,14-17H2,2,4-8H3,(H,29,32)(H,33,34)/b21-13+/t18-,19-,20+,22-,23-,24+,26+/m0/s1. The van der Waals surface area contributed by atoms with Crippen molar-refractivity contribution in [3.63, 3.8) is 0 Å². The van der Waals surface area contributed by atoms with Gasteiger partial charge in [-0.2, -0.15) is 0 Å². The molecule has 0 radical (unpaired) electrons. The van der Waals surface area contributed by atoms with Crippen molar-refractivity contribution in [2.75, 3.05) is 20.8 Å². The van der Waals surface area contributed by atoms with E-state index in [4.69, 9.17) is 9.47 Å². The first kappa shape index (κ1) is 31.6. The number of carboxylic acids is 1. The second kappa shape index (κ2) is 15.6. The van der Waals surface area contributed by atoms with Crippen molar-refractivity contribution in [3.05, 3.63) is 37.0 Å². The average Bonchev–Trinajstić information content (AvgIpc) is 3.35. The highest BCUT2D eigenvalue weighted by Gasteiger charge is 2.41. The lowest BCUT2D eigenvalue weighted by Crippen LogP contribution is -2.52. The van der Waals surface area contributed by atoms with E-state index in [2.05, 4.69) is 39.2 Å². The Morgan fingerprint density at radius 3 is 2.31 bits per heavy atom. The van der Waals surface area contributed by atoms with Crippen molar-refractivity contribution in [2.24, 2.45) is 17.8 Å². The fourth-order valence-corrected chi connectivity index (χ4v) is 4.91. The molecule has 1 saturated heterocycles. The molecule has 0 saturated carbocycles. The molecule has 0 aromatic carbocycles. The second-order valence-electron chi connectivity index (χ2n) is 9.79. The molecule has 0 aromatic rings. The third kappa shape index (κ3) is 8.59. The minimum atomic E-state index is -1.14. The summed E-state index contributed by atoms with van der Waals surface area (Å²) < 4.78 is 11.4. The van der Waals surface area contributed by atoms with E-state index in [9.17, 15) is 19.5 Å². The molecule has 8 heteroatoms. The molecule has 0 spiro atoms. The summed E-state index contributed by atoms with van der Waals surface area (Å²) in [7, 11) is 3.17. The molecule has 1 rings (SSSR count). The summed E-state index contributed by atoms with van der Waals surface area (Å²) in [6.45, 7) is 16.0. The van der Waals surface area contributed by atoms with Gasteiger partial charge in [-0.25, -0.2) is 4.79 Å². The Hall–Kier alpha value is -2.45. The number of carbonyl (C=O) groups excluding carboxylic acids is 2. The van der Waals surface area contributed by atoms with Gasteiger partial charge in [-0.1, -0.05) is 65.5 Å². The van der Waals surface area contributed by atoms with E-state index < -0.39 is 29.9 Å². The van der Waals surface area contributed by atoms with Crippen LogP contribution in [-0.2, 0) is 23.9 Å². The van der Waals surface area contributed by atoms with Crippen LogP contribution in [0, 0.1) is 17.8 Å². The van der Waals surface area contributed by atoms with E-state index in [1.54, 1.807) is 32.3 Å². The first-order chi connectivity index (χ1) is 17.1. The summed E-state index contributed by atoms with van der Waals surface area (Å²) in [5.74, 6) is -1.59. The number of aliphatic carboxylic acids is 1. The summed E-state index contributed by atoms with van der Waals surface area (Å²) >= 11 is 0. The number of rotatable bonds is 16. The Labute approximate surface area is 216 Å². The van der Waals surface area contributed by atoms with Gasteiger partial charge < -0.3 is 24.8 Å². The van der Waals surface area contributed by atoms with Gasteiger partial charge in [0.1, 0.15) is 6.04 Å². The van der Waals surface area contributed by atoms with Crippen LogP contribution in [0.2, 0.25) is 0 Å². The van der Waals surface area contributed by atoms with E-state index in [1.807, 2.05) is 4.90 Å². The Balaban J connectivity index is 2.97. The van der Waals surface area contributed by atoms with Crippen molar-refractivity contribution < 1.29 is 29.0 Å². The Morgan fingerprint density at radius 2 is 1.81 bits per heavy atom. The number of carbonyl (C=O) groups is 3. The molecule has 204 valence electrons. The first-order valence-electron chi connectivity index (χ1n) is 12.9. The number of ether oxygens (including phenoxy) is 2. The number of allylic oxidation sites excluding steroid dienone is 3. The second-order valence-corrected chi connectivity index (χ2v) is 9.79. The third-order valence-electron chi connectivity index (χ3n) is 7.63. The van der Waals surface area contributed by atoms with Gasteiger partial charge in [-0.3, -0.25) is 9.59 Å². The van der Waals surface area contributed by atoms with Gasteiger partial charge in [0.05, 0.1) is 30.6 Å². The molecule has 1 heterocycles. The molecule has 36 heavy (non-hydrogen) atoms. The van der Waals surface area contributed by atoms with Gasteiger partial charge >= 0.3 is 5.97 Å². The maximum Gasteiger partial charge on any atom is 0.326 e. The van der Waals surface area contributed by atoms with Crippen LogP contribution in [0.1, 0.15) is 59.8 Å². The fraction of sp³-hybridized carbons (Fsp3) is 0.679. The van der Waals surface area contributed by atoms with E-state index in [1.165, 1.54) is 7.11 Å². The molecule has 7 atom stereocenters. The molecule has 0 bridgehead atoms. The zero-order valence-corrected chi connectivity index (χ0v) is 22.9. The number of amides is 2. The quantitative estimate of drug-likeness (QED) is 0.307. The summed E-state index contributed by atoms with van der Waals surface area (Å²) in [6.07, 6.45) is 6.90. The monoisotopic (exact) mass is 506 g/mol. The van der Waals surface area contributed by atoms with Crippen LogP contribution in [0.4, 0.5) is 0 Å². The molecule has 2 amide bonds. The van der Waals surface area contributed by atoms with Gasteiger partial charge in [0.25, 0.3) is 0 Å². The first-order valence-corrected chi connectivity index (χ1v) is 12.9. The number of hydrogen-bond acceptors (Lipinski definition) is 5. The molecule has 0 aliphatic carbocycles. The normalized spacial score (nSPS) is 21.1. The molecule has 0 unspecified atom stereocenters. The zero-order valence-electron chi connectivity index (χ0n) is 22.9. The summed E-state index contributed by atoms with van der Waals surface area (Å²) in [5, 5.41) is 12.3. The largest absolute Gasteiger partial charge is 0.480 e. The van der Waals surface area contributed by atoms with Crippen LogP contribution in [0.25, 0.3) is 0 Å². The molecule has 0 aromatic heterocycles. The Kier molecular flexibility index (Phi) is 13.7. The molecule has 1 aliphatic heterocycles. The number of nitrogens with one attached hydrogen (secondary N) is 1. The lowest BCUT2D eigenvalue weighted by molar-refractivity contribution is -0.145. The molecule has 1 aliphatic rings. The topological polar surface area (TPSA) is 105 Å². The highest BCUT2D eigenvalue weighted by Crippen LogP contribution is 2.29. The molecule has 1 fully saturated rings. The van der Waals surface area contributed by atoms with E-state index >= 15 is 0 Å². The number of methoxy groups -OCH3 is 2. The smallest absolute Gasteiger partial charge is 0.326 e. The lowest BCUT2D eigenvalue weighted by atomic mass is 9.87. The van der Waals surface area contributed by atoms with Crippen LogP contribution in [0.15, 0.2) is 37.0 Å². The Bertz CT molecular complexity index is 795. The van der Waals surface area contributed by atoms with Crippen molar-refractivity contribution in [1.82, 2.24) is 10.2 Å². The van der Waals surface area contributed by atoms with Crippen LogP contribution in [-0.4, -0.2) is 72.8 Å². The third-order valence-corrected chi connectivity index (χ3v) is 7.63. The van der Waals surface area contributed by atoms with E-state index in [-0.39, 0.29) is 36.8 Å². The zero-order chi connectivity index (χ0) is 27.4. The van der Waals surface area contributed by atoms with Crippen molar-refractivity contribution in [3.8, 4) is 0 Å². The van der Waals surface area contributed by atoms with Gasteiger partial charge in [-0.05, 0) is 30.3 Å². The van der Waals surface area contributed by atoms with Crippen LogP contribution < -0.4 is 5.32 Å². The van der Waals surface area contributed by atoms with Crippen LogP contribution in [0.3, 0.4) is 0 Å². The van der Waals surface area contributed by atoms with Crippen molar-refractivity contribution in [1.29, 1.82) is 0 Å². The van der Waals surface area contributed by atoms with Gasteiger partial charge in [0, 0.05) is 27.2 Å². The van der Waals surface area contributed by atoms with Crippen LogP contribution in [0.5, 0.6) is 0 Å². The average molecular weight is 507 g/mol. The minimum absolute atomic E-state index is 0.0113. The summed E-state index contributed by atoms with van der Waals surface area (Å²) in [6, 6.07) is -1.39. The predicted octanol–water partition coefficient (Wildman–Crippen LogP) is 3.97. The highest BCUT2D eigenvalue weighted by molar-refractivity contribution is 5.85. The predicted molar refractivity (Wildman–Crippen MR) is 141 cm³/mol. The molecular weight excluding hydrogens is 460 g/mol. The molecule has 8 nitrogen and oxygen atoms in total. The fourth-order valence-electron chi connectivity index (χ4n) is 4.91. The number of hydrogen-bond donors (Lipinski definition) is 2. The number of carboxylic acid groups (broad SMARTS) is 1. The minimum Gasteiger partial charge on any atom is -0.480 e. The maximum absolute atomic E-state index is 13.3. The van der Waals surface area contributed by atoms with Gasteiger partial charge in [-0.15, -0.1) is 0 Å². The van der Waals surface area contributed by atoms with Gasteiger partial charge in [0.15, 0.2) is 0 Å². The van der Waals surface area contributed by atoms with E-state index in [0.29, 0.717) is 24.5 Å². The highest BCUT2D eigenvalue weighted by atomic mass is 16.5. The maximum atomic E-state index is 13.3. The molecular formula is C28H46N2O6. The van der Waals surface area contributed by atoms with Crippen LogP contribution >= 0.6 is 0 Å². The summed E-state index contributed by atoms with van der Waals surface area (Å²) in [4.78, 5) is 40.0. The van der Waals surface area contributed by atoms with Crippen molar-refractivity contribution >= 4 is 17.8 Å². The number of likely N-dealkylation sites (tertiary alicyclic amines) is 1. The summed E-state index contributed by atoms with van der Waals surface area (Å²) in [5.41, 5.74) is 0.653. The lowest BCUT2D eigenvalue weighted by Gasteiger charge is -2.35. The van der Waals surface area contributed by atoms with Gasteiger partial charge in [0.2, 0.25) is 11.8 Å². The Morgan fingerprint density at radius 1 is 1.14 bits per heavy atom. The number of nitrogens with zero attached hydrogens (tertiary/aromatic N) is 1. The molecule has 2 N–H and O–H groups in total.